The number of oxazole rings is 1. The van der Waals surface area contributed by atoms with E-state index < -0.39 is 5.60 Å². The van der Waals surface area contributed by atoms with Crippen molar-refractivity contribution in [3.05, 3.63) is 28.6 Å². The molecule has 0 atom stereocenters. The number of rotatable bonds is 3. The monoisotopic (exact) mass is 394 g/mol. The van der Waals surface area contributed by atoms with Gasteiger partial charge in [-0.05, 0) is 64.9 Å². The van der Waals surface area contributed by atoms with Gasteiger partial charge in [0.05, 0.1) is 6.54 Å². The van der Waals surface area contributed by atoms with E-state index in [4.69, 9.17) is 9.15 Å². The van der Waals surface area contributed by atoms with Crippen molar-refractivity contribution in [2.75, 3.05) is 19.6 Å². The molecule has 0 saturated carbocycles. The van der Waals surface area contributed by atoms with Crippen LogP contribution in [-0.2, 0) is 9.53 Å². The summed E-state index contributed by atoms with van der Waals surface area (Å²) >= 11 is 3.46. The third-order valence-electron chi connectivity index (χ3n) is 4.08. The second-order valence-electron chi connectivity index (χ2n) is 7.30. The number of carbonyl (C=O) groups excluding carboxylic acids is 1. The first-order valence-electron chi connectivity index (χ1n) is 8.30. The molecule has 0 unspecified atom stereocenters. The molecule has 0 spiro atoms. The van der Waals surface area contributed by atoms with Crippen molar-refractivity contribution in [3.8, 4) is 0 Å². The number of carbonyl (C=O) groups is 1. The average molecular weight is 395 g/mol. The molecule has 24 heavy (non-hydrogen) atoms. The van der Waals surface area contributed by atoms with Crippen LogP contribution in [0.5, 0.6) is 0 Å². The lowest BCUT2D eigenvalue weighted by Crippen LogP contribution is -2.39. The number of benzene rings is 1. The molecule has 130 valence electrons. The highest BCUT2D eigenvalue weighted by Gasteiger charge is 2.27. The fourth-order valence-electron chi connectivity index (χ4n) is 2.99. The number of hydrogen-bond donors (Lipinski definition) is 0. The number of aromatic nitrogens is 1. The number of piperidine rings is 1. The molecule has 3 rings (SSSR count). The Morgan fingerprint density at radius 1 is 1.38 bits per heavy atom. The summed E-state index contributed by atoms with van der Waals surface area (Å²) in [6, 6.07) is 5.87. The smallest absolute Gasteiger partial charge is 0.320 e. The molecule has 0 N–H and O–H groups in total. The number of likely N-dealkylation sites (tertiary alicyclic amines) is 1. The average Bonchev–Trinajstić information content (AvgIpc) is 2.89. The zero-order valence-electron chi connectivity index (χ0n) is 14.3. The lowest BCUT2D eigenvalue weighted by Gasteiger charge is -2.30. The number of nitrogens with zero attached hydrogens (tertiary/aromatic N) is 2. The van der Waals surface area contributed by atoms with Crippen LogP contribution in [0, 0.1) is 0 Å². The highest BCUT2D eigenvalue weighted by atomic mass is 79.9. The second kappa shape index (κ2) is 6.84. The summed E-state index contributed by atoms with van der Waals surface area (Å²) in [5.41, 5.74) is 1.28. The first-order valence-corrected chi connectivity index (χ1v) is 9.10. The molecule has 0 aliphatic carbocycles. The quantitative estimate of drug-likeness (QED) is 0.733. The summed E-state index contributed by atoms with van der Waals surface area (Å²) in [7, 11) is 0. The molecule has 1 saturated heterocycles. The van der Waals surface area contributed by atoms with Crippen LogP contribution in [0.1, 0.15) is 45.4 Å². The van der Waals surface area contributed by atoms with Gasteiger partial charge in [0.2, 0.25) is 0 Å². The molecule has 1 fully saturated rings. The van der Waals surface area contributed by atoms with Crippen molar-refractivity contribution in [3.63, 3.8) is 0 Å². The predicted octanol–water partition coefficient (Wildman–Crippen LogP) is 4.11. The molecule has 2 heterocycles. The van der Waals surface area contributed by atoms with Crippen molar-refractivity contribution >= 4 is 33.0 Å². The fourth-order valence-corrected chi connectivity index (χ4v) is 3.34. The van der Waals surface area contributed by atoms with E-state index in [1.165, 1.54) is 0 Å². The van der Waals surface area contributed by atoms with Gasteiger partial charge < -0.3 is 9.15 Å². The van der Waals surface area contributed by atoms with E-state index in [1.54, 1.807) is 0 Å². The Hall–Kier alpha value is -1.40. The first kappa shape index (κ1) is 17.4. The molecule has 1 aromatic carbocycles. The summed E-state index contributed by atoms with van der Waals surface area (Å²) < 4.78 is 12.3. The van der Waals surface area contributed by atoms with Gasteiger partial charge in [-0.3, -0.25) is 9.69 Å². The van der Waals surface area contributed by atoms with Crippen LogP contribution in [-0.4, -0.2) is 41.1 Å². The number of ether oxygens (including phenoxy) is 1. The van der Waals surface area contributed by atoms with E-state index in [2.05, 4.69) is 25.8 Å². The summed E-state index contributed by atoms with van der Waals surface area (Å²) in [5, 5.41) is 0. The van der Waals surface area contributed by atoms with Crippen LogP contribution in [0.15, 0.2) is 27.1 Å². The Balaban J connectivity index is 1.57. The van der Waals surface area contributed by atoms with E-state index in [-0.39, 0.29) is 5.97 Å². The van der Waals surface area contributed by atoms with E-state index in [1.807, 2.05) is 39.0 Å². The molecule has 1 aliphatic rings. The molecule has 0 bridgehead atoms. The highest BCUT2D eigenvalue weighted by molar-refractivity contribution is 9.10. The Bertz CT molecular complexity index is 727. The van der Waals surface area contributed by atoms with Crippen molar-refractivity contribution in [2.45, 2.75) is 45.1 Å². The van der Waals surface area contributed by atoms with Crippen LogP contribution in [0.25, 0.3) is 11.1 Å². The minimum atomic E-state index is -0.429. The summed E-state index contributed by atoms with van der Waals surface area (Å²) in [5.74, 6) is 0.957. The fraction of sp³-hybridized carbons (Fsp3) is 0.556. The molecule has 5 nitrogen and oxygen atoms in total. The molecular weight excluding hydrogens is 372 g/mol. The predicted molar refractivity (Wildman–Crippen MR) is 96.0 cm³/mol. The summed E-state index contributed by atoms with van der Waals surface area (Å²) in [6.07, 6.45) is 1.88. The van der Waals surface area contributed by atoms with Crippen molar-refractivity contribution in [1.29, 1.82) is 0 Å². The molecule has 1 aliphatic heterocycles. The minimum Gasteiger partial charge on any atom is -0.459 e. The largest absolute Gasteiger partial charge is 0.459 e. The molecule has 0 amide bonds. The molecule has 0 radical (unpaired) electrons. The summed E-state index contributed by atoms with van der Waals surface area (Å²) in [4.78, 5) is 18.7. The maximum atomic E-state index is 11.9. The number of hydrogen-bond acceptors (Lipinski definition) is 5. The maximum absolute atomic E-state index is 11.9. The van der Waals surface area contributed by atoms with Gasteiger partial charge in [-0.2, -0.15) is 0 Å². The van der Waals surface area contributed by atoms with Gasteiger partial charge in [0.15, 0.2) is 11.5 Å². The van der Waals surface area contributed by atoms with Crippen molar-refractivity contribution in [1.82, 2.24) is 9.88 Å². The number of esters is 1. The van der Waals surface area contributed by atoms with Gasteiger partial charge in [0, 0.05) is 10.4 Å². The van der Waals surface area contributed by atoms with Crippen LogP contribution in [0.3, 0.4) is 0 Å². The Labute approximate surface area is 150 Å². The first-order chi connectivity index (χ1) is 11.3. The molecule has 6 heteroatoms. The van der Waals surface area contributed by atoms with Crippen LogP contribution in [0.4, 0.5) is 0 Å². The topological polar surface area (TPSA) is 55.6 Å². The summed E-state index contributed by atoms with van der Waals surface area (Å²) in [6.45, 7) is 7.73. The standard InChI is InChI=1S/C18H23BrN2O3/c1-18(2,3)24-16(22)11-21-8-6-12(7-9-21)17-20-14-10-13(19)4-5-15(14)23-17/h4-5,10,12H,6-9,11H2,1-3H3. The highest BCUT2D eigenvalue weighted by Crippen LogP contribution is 2.30. The number of fused-ring (bicyclic) bond motifs is 1. The zero-order chi connectivity index (χ0) is 17.3. The molecule has 2 aromatic rings. The molecular formula is C18H23BrN2O3. The lowest BCUT2D eigenvalue weighted by atomic mass is 9.97. The third kappa shape index (κ3) is 4.36. The van der Waals surface area contributed by atoms with Gasteiger partial charge >= 0.3 is 5.97 Å². The van der Waals surface area contributed by atoms with Gasteiger partial charge in [0.1, 0.15) is 11.1 Å². The Kier molecular flexibility index (Phi) is 4.97. The van der Waals surface area contributed by atoms with E-state index in [0.29, 0.717) is 12.5 Å². The zero-order valence-corrected chi connectivity index (χ0v) is 15.9. The van der Waals surface area contributed by atoms with Crippen LogP contribution in [0.2, 0.25) is 0 Å². The van der Waals surface area contributed by atoms with E-state index >= 15 is 0 Å². The number of halogens is 1. The van der Waals surface area contributed by atoms with E-state index in [9.17, 15) is 4.79 Å². The lowest BCUT2D eigenvalue weighted by molar-refractivity contribution is -0.156. The molecule has 1 aromatic heterocycles. The van der Waals surface area contributed by atoms with Gasteiger partial charge in [-0.1, -0.05) is 15.9 Å². The van der Waals surface area contributed by atoms with Crippen LogP contribution >= 0.6 is 15.9 Å². The Morgan fingerprint density at radius 2 is 2.08 bits per heavy atom. The van der Waals surface area contributed by atoms with Gasteiger partial charge in [-0.15, -0.1) is 0 Å². The normalized spacial score (nSPS) is 17.3. The minimum absolute atomic E-state index is 0.160. The van der Waals surface area contributed by atoms with Crippen LogP contribution < -0.4 is 0 Å². The van der Waals surface area contributed by atoms with Crippen molar-refractivity contribution in [2.24, 2.45) is 0 Å². The van der Waals surface area contributed by atoms with E-state index in [0.717, 1.165) is 47.4 Å². The second-order valence-corrected chi connectivity index (χ2v) is 8.22. The van der Waals surface area contributed by atoms with Gasteiger partial charge in [0.25, 0.3) is 0 Å². The van der Waals surface area contributed by atoms with Gasteiger partial charge in [-0.25, -0.2) is 4.98 Å². The van der Waals surface area contributed by atoms with Crippen molar-refractivity contribution < 1.29 is 13.9 Å². The SMILES string of the molecule is CC(C)(C)OC(=O)CN1CCC(c2nc3cc(Br)ccc3o2)CC1. The Morgan fingerprint density at radius 3 is 2.75 bits per heavy atom. The third-order valence-corrected chi connectivity index (χ3v) is 4.57. The maximum Gasteiger partial charge on any atom is 0.320 e.